The van der Waals surface area contributed by atoms with E-state index in [1.54, 1.807) is 4.90 Å². The van der Waals surface area contributed by atoms with Crippen molar-refractivity contribution in [3.63, 3.8) is 0 Å². The van der Waals surface area contributed by atoms with Gasteiger partial charge >= 0.3 is 6.09 Å². The lowest BCUT2D eigenvalue weighted by Crippen LogP contribution is -2.37. The Balaban J connectivity index is 1.74. The van der Waals surface area contributed by atoms with Crippen molar-refractivity contribution in [3.05, 3.63) is 23.3 Å². The number of amides is 1. The third kappa shape index (κ3) is 2.90. The Bertz CT molecular complexity index is 483. The van der Waals surface area contributed by atoms with Crippen LogP contribution in [0.5, 0.6) is 0 Å². The van der Waals surface area contributed by atoms with Crippen LogP contribution in [0.3, 0.4) is 0 Å². The zero-order chi connectivity index (χ0) is 14.8. The summed E-state index contributed by atoms with van der Waals surface area (Å²) in [5.74, 6) is -0.231. The Morgan fingerprint density at radius 3 is 2.71 bits per heavy atom. The molecule has 0 N–H and O–H groups in total. The van der Waals surface area contributed by atoms with Crippen molar-refractivity contribution in [2.45, 2.75) is 32.3 Å². The first-order valence-corrected chi connectivity index (χ1v) is 7.59. The van der Waals surface area contributed by atoms with Crippen LogP contribution >= 0.6 is 0 Å². The van der Waals surface area contributed by atoms with Crippen molar-refractivity contribution in [1.29, 1.82) is 0 Å². The molecule has 0 aromatic heterocycles. The zero-order valence-electron chi connectivity index (χ0n) is 12.3. The number of carbonyl (C=O) groups is 1. The predicted octanol–water partition coefficient (Wildman–Crippen LogP) is 2.41. The molecule has 6 heteroatoms. The molecule has 0 spiro atoms. The second kappa shape index (κ2) is 6.05. The molecule has 21 heavy (non-hydrogen) atoms. The van der Waals surface area contributed by atoms with Crippen LogP contribution in [-0.2, 0) is 9.47 Å². The summed E-state index contributed by atoms with van der Waals surface area (Å²) in [5, 5.41) is 0. The number of allylic oxidation sites excluding steroid dienone is 4. The van der Waals surface area contributed by atoms with Gasteiger partial charge in [-0.25, -0.2) is 9.18 Å². The van der Waals surface area contributed by atoms with Crippen LogP contribution in [0.25, 0.3) is 0 Å². The van der Waals surface area contributed by atoms with E-state index in [-0.39, 0.29) is 18.0 Å². The lowest BCUT2D eigenvalue weighted by molar-refractivity contribution is 0.0505. The molecule has 2 saturated heterocycles. The Hall–Kier alpha value is -1.56. The van der Waals surface area contributed by atoms with Crippen LogP contribution in [0.4, 0.5) is 9.18 Å². The number of morpholine rings is 1. The largest absolute Gasteiger partial charge is 0.444 e. The van der Waals surface area contributed by atoms with Crippen LogP contribution in [0.2, 0.25) is 0 Å². The van der Waals surface area contributed by atoms with E-state index in [9.17, 15) is 9.18 Å². The van der Waals surface area contributed by atoms with Gasteiger partial charge in [0.2, 0.25) is 0 Å². The Morgan fingerprint density at radius 2 is 2.10 bits per heavy atom. The maximum absolute atomic E-state index is 14.4. The summed E-state index contributed by atoms with van der Waals surface area (Å²) in [4.78, 5) is 15.4. The molecule has 0 aromatic carbocycles. The molecule has 1 aliphatic carbocycles. The van der Waals surface area contributed by atoms with E-state index >= 15 is 0 Å². The molecule has 3 aliphatic rings. The number of ether oxygens (including phenoxy) is 2. The molecule has 0 radical (unpaired) electrons. The molecule has 5 nitrogen and oxygen atoms in total. The van der Waals surface area contributed by atoms with Gasteiger partial charge in [-0.2, -0.15) is 0 Å². The van der Waals surface area contributed by atoms with Crippen molar-refractivity contribution in [1.82, 2.24) is 9.80 Å². The number of cyclic esters (lactones) is 1. The van der Waals surface area contributed by atoms with E-state index in [1.807, 2.05) is 11.8 Å². The molecule has 0 saturated carbocycles. The maximum atomic E-state index is 14.4. The number of hydrogen-bond donors (Lipinski definition) is 0. The van der Waals surface area contributed by atoms with Gasteiger partial charge in [0.1, 0.15) is 11.9 Å². The second-order valence-corrected chi connectivity index (χ2v) is 5.55. The van der Waals surface area contributed by atoms with Crippen LogP contribution in [0.1, 0.15) is 26.2 Å². The molecule has 3 rings (SSSR count). The lowest BCUT2D eigenvalue weighted by atomic mass is 10.0. The van der Waals surface area contributed by atoms with Gasteiger partial charge in [-0.3, -0.25) is 4.90 Å². The van der Waals surface area contributed by atoms with E-state index in [1.165, 1.54) is 6.08 Å². The van der Waals surface area contributed by atoms with Gasteiger partial charge in [0.15, 0.2) is 0 Å². The molecule has 2 aliphatic heterocycles. The minimum atomic E-state index is -0.351. The smallest absolute Gasteiger partial charge is 0.414 e. The Morgan fingerprint density at radius 1 is 1.33 bits per heavy atom. The van der Waals surface area contributed by atoms with E-state index in [4.69, 9.17) is 9.47 Å². The van der Waals surface area contributed by atoms with E-state index < -0.39 is 0 Å². The molecule has 0 bridgehead atoms. The van der Waals surface area contributed by atoms with Gasteiger partial charge in [0, 0.05) is 18.8 Å². The van der Waals surface area contributed by atoms with Crippen molar-refractivity contribution < 1.29 is 18.7 Å². The average molecular weight is 296 g/mol. The maximum Gasteiger partial charge on any atom is 0.414 e. The molecule has 1 atom stereocenters. The third-order valence-electron chi connectivity index (χ3n) is 4.26. The summed E-state index contributed by atoms with van der Waals surface area (Å²) in [6, 6.07) is 0. The molecule has 0 aromatic rings. The number of hydrogen-bond acceptors (Lipinski definition) is 4. The molecular weight excluding hydrogens is 275 g/mol. The van der Waals surface area contributed by atoms with Gasteiger partial charge in [-0.1, -0.05) is 6.92 Å². The topological polar surface area (TPSA) is 42.0 Å². The van der Waals surface area contributed by atoms with E-state index in [2.05, 4.69) is 0 Å². The van der Waals surface area contributed by atoms with E-state index in [0.717, 1.165) is 30.9 Å². The highest BCUT2D eigenvalue weighted by Gasteiger charge is 2.34. The lowest BCUT2D eigenvalue weighted by Gasteiger charge is -2.33. The number of nitrogens with zero attached hydrogens (tertiary/aromatic N) is 2. The van der Waals surface area contributed by atoms with Crippen molar-refractivity contribution in [2.24, 2.45) is 0 Å². The summed E-state index contributed by atoms with van der Waals surface area (Å²) >= 11 is 0. The second-order valence-electron chi connectivity index (χ2n) is 5.55. The van der Waals surface area contributed by atoms with Crippen molar-refractivity contribution >= 4 is 6.09 Å². The summed E-state index contributed by atoms with van der Waals surface area (Å²) in [5.41, 5.74) is 1.46. The van der Waals surface area contributed by atoms with Gasteiger partial charge in [-0.15, -0.1) is 0 Å². The molecule has 1 unspecified atom stereocenters. The molecular formula is C15H21FN2O3. The van der Waals surface area contributed by atoms with Gasteiger partial charge in [0.05, 0.1) is 25.5 Å². The normalized spacial score (nSPS) is 27.0. The van der Waals surface area contributed by atoms with Gasteiger partial charge in [-0.05, 0) is 25.3 Å². The fourth-order valence-electron chi connectivity index (χ4n) is 2.99. The minimum Gasteiger partial charge on any atom is -0.444 e. The number of carbonyl (C=O) groups excluding carboxylic acids is 1. The highest BCUT2D eigenvalue weighted by Crippen LogP contribution is 2.32. The van der Waals surface area contributed by atoms with Crippen molar-refractivity contribution in [3.8, 4) is 0 Å². The monoisotopic (exact) mass is 296 g/mol. The van der Waals surface area contributed by atoms with Gasteiger partial charge in [0.25, 0.3) is 0 Å². The fourth-order valence-corrected chi connectivity index (χ4v) is 2.99. The van der Waals surface area contributed by atoms with E-state index in [0.29, 0.717) is 32.6 Å². The highest BCUT2D eigenvalue weighted by molar-refractivity contribution is 5.72. The third-order valence-corrected chi connectivity index (χ3v) is 4.26. The van der Waals surface area contributed by atoms with Crippen molar-refractivity contribution in [2.75, 3.05) is 32.8 Å². The van der Waals surface area contributed by atoms with Crippen LogP contribution in [0, 0.1) is 0 Å². The molecule has 2 fully saturated rings. The quantitative estimate of drug-likeness (QED) is 0.802. The fraction of sp³-hybridized carbons (Fsp3) is 0.667. The number of halogens is 1. The zero-order valence-corrected chi connectivity index (χ0v) is 12.3. The average Bonchev–Trinajstić information content (AvgIpc) is 2.89. The number of rotatable bonds is 3. The summed E-state index contributed by atoms with van der Waals surface area (Å²) < 4.78 is 24.9. The standard InChI is InChI=1S/C15H21FN2O3/c1-2-12-10-18(15(19)21-12)11-3-4-14(13(16)9-11)17-5-7-20-8-6-17/h9,12H,2-8,10H2,1H3. The minimum absolute atomic E-state index is 0.0777. The van der Waals surface area contributed by atoms with Crippen LogP contribution in [0.15, 0.2) is 23.3 Å². The highest BCUT2D eigenvalue weighted by atomic mass is 19.1. The predicted molar refractivity (Wildman–Crippen MR) is 75.1 cm³/mol. The first-order chi connectivity index (χ1) is 10.2. The molecule has 116 valence electrons. The van der Waals surface area contributed by atoms with Crippen LogP contribution < -0.4 is 0 Å². The molecule has 2 heterocycles. The van der Waals surface area contributed by atoms with Crippen LogP contribution in [-0.4, -0.2) is 54.8 Å². The Labute approximate surface area is 124 Å². The first-order valence-electron chi connectivity index (χ1n) is 7.59. The van der Waals surface area contributed by atoms with Gasteiger partial charge < -0.3 is 14.4 Å². The SMILES string of the molecule is CCC1CN(C2=CC(F)=C(N3CCOCC3)CC2)C(=O)O1. The molecule has 1 amide bonds. The Kier molecular flexibility index (Phi) is 4.14. The summed E-state index contributed by atoms with van der Waals surface area (Å²) in [6.45, 7) is 5.26. The first kappa shape index (κ1) is 14.4. The summed E-state index contributed by atoms with van der Waals surface area (Å²) in [6.07, 6.45) is 3.14. The summed E-state index contributed by atoms with van der Waals surface area (Å²) in [7, 11) is 0.